The largest absolute Gasteiger partial charge is 0.294 e. The van der Waals surface area contributed by atoms with Gasteiger partial charge >= 0.3 is 0 Å². The summed E-state index contributed by atoms with van der Waals surface area (Å²) < 4.78 is 0. The van der Waals surface area contributed by atoms with Gasteiger partial charge in [0.2, 0.25) is 0 Å². The molecule has 0 bridgehead atoms. The van der Waals surface area contributed by atoms with Crippen LogP contribution in [0.3, 0.4) is 0 Å². The summed E-state index contributed by atoms with van der Waals surface area (Å²) in [4.78, 5) is 6.09. The maximum absolute atomic E-state index is 6.09. The third-order valence-corrected chi connectivity index (χ3v) is 5.95. The average molecular weight is 374 g/mol. The molecular formula is C25H43NO. The van der Waals surface area contributed by atoms with Gasteiger partial charge in [-0.05, 0) is 24.8 Å². The molecule has 0 spiro atoms. The fourth-order valence-electron chi connectivity index (χ4n) is 4.22. The second-order valence-corrected chi connectivity index (χ2v) is 8.37. The lowest BCUT2D eigenvalue weighted by Crippen LogP contribution is -2.29. The van der Waals surface area contributed by atoms with Gasteiger partial charge in [0.1, 0.15) is 0 Å². The lowest BCUT2D eigenvalue weighted by atomic mass is 10.0. The number of nitrogens with zero attached hydrogens (tertiary/aromatic N) is 1. The van der Waals surface area contributed by atoms with Crippen LogP contribution in [0, 0.1) is 0 Å². The van der Waals surface area contributed by atoms with E-state index in [2.05, 4.69) is 42.3 Å². The topological polar surface area (TPSA) is 12.5 Å². The maximum atomic E-state index is 6.09. The van der Waals surface area contributed by atoms with Crippen molar-refractivity contribution in [3.8, 4) is 0 Å². The summed E-state index contributed by atoms with van der Waals surface area (Å²) in [6.07, 6.45) is 21.1. The Hall–Kier alpha value is -0.860. The van der Waals surface area contributed by atoms with Crippen LogP contribution in [0.1, 0.15) is 109 Å². The molecule has 0 N–H and O–H groups in total. The van der Waals surface area contributed by atoms with E-state index < -0.39 is 0 Å². The van der Waals surface area contributed by atoms with E-state index in [9.17, 15) is 0 Å². The highest BCUT2D eigenvalue weighted by molar-refractivity contribution is 5.13. The molecule has 1 aromatic carbocycles. The van der Waals surface area contributed by atoms with Crippen molar-refractivity contribution in [2.75, 3.05) is 6.54 Å². The smallest absolute Gasteiger partial charge is 0.0936 e. The van der Waals surface area contributed by atoms with Crippen molar-refractivity contribution >= 4 is 0 Å². The van der Waals surface area contributed by atoms with Crippen LogP contribution >= 0.6 is 0 Å². The molecule has 2 nitrogen and oxygen atoms in total. The van der Waals surface area contributed by atoms with Crippen molar-refractivity contribution < 1.29 is 4.84 Å². The predicted octanol–water partition coefficient (Wildman–Crippen LogP) is 7.67. The molecule has 1 atom stereocenters. The molecule has 0 amide bonds. The highest BCUT2D eigenvalue weighted by Crippen LogP contribution is 2.24. The number of hydroxylamine groups is 2. The van der Waals surface area contributed by atoms with E-state index in [4.69, 9.17) is 4.84 Å². The quantitative estimate of drug-likeness (QED) is 0.276. The van der Waals surface area contributed by atoms with Gasteiger partial charge < -0.3 is 0 Å². The van der Waals surface area contributed by atoms with Crippen LogP contribution in [-0.2, 0) is 11.4 Å². The van der Waals surface area contributed by atoms with E-state index in [1.54, 1.807) is 0 Å². The molecule has 1 aliphatic heterocycles. The summed E-state index contributed by atoms with van der Waals surface area (Å²) in [5.41, 5.74) is 1.27. The molecule has 1 saturated heterocycles. The Kier molecular flexibility index (Phi) is 12.6. The second kappa shape index (κ2) is 15.1. The summed E-state index contributed by atoms with van der Waals surface area (Å²) in [5.74, 6) is 0. The summed E-state index contributed by atoms with van der Waals surface area (Å²) in [5, 5.41) is 2.27. The Morgan fingerprint density at radius 1 is 0.815 bits per heavy atom. The third kappa shape index (κ3) is 10.3. The first-order valence-electron chi connectivity index (χ1n) is 11.8. The minimum Gasteiger partial charge on any atom is -0.294 e. The second-order valence-electron chi connectivity index (χ2n) is 8.37. The fraction of sp³-hybridized carbons (Fsp3) is 0.760. The number of benzene rings is 1. The van der Waals surface area contributed by atoms with Crippen LogP contribution in [-0.4, -0.2) is 17.6 Å². The molecule has 154 valence electrons. The molecule has 1 aromatic rings. The zero-order valence-electron chi connectivity index (χ0n) is 17.8. The van der Waals surface area contributed by atoms with Crippen molar-refractivity contribution in [3.63, 3.8) is 0 Å². The Bertz CT molecular complexity index is 447. The summed E-state index contributed by atoms with van der Waals surface area (Å²) in [6.45, 7) is 4.12. The van der Waals surface area contributed by atoms with Crippen LogP contribution < -0.4 is 0 Å². The number of rotatable bonds is 16. The maximum Gasteiger partial charge on any atom is 0.0936 e. The van der Waals surface area contributed by atoms with Gasteiger partial charge in [0.25, 0.3) is 0 Å². The van der Waals surface area contributed by atoms with Crippen LogP contribution in [0.2, 0.25) is 0 Å². The minimum atomic E-state index is 0.650. The van der Waals surface area contributed by atoms with Crippen molar-refractivity contribution in [3.05, 3.63) is 35.9 Å². The first-order chi connectivity index (χ1) is 13.4. The highest BCUT2D eigenvalue weighted by Gasteiger charge is 2.24. The van der Waals surface area contributed by atoms with Crippen LogP contribution in [0.25, 0.3) is 0 Å². The van der Waals surface area contributed by atoms with Gasteiger partial charge in [-0.25, -0.2) is 0 Å². The Morgan fingerprint density at radius 2 is 1.41 bits per heavy atom. The number of hydrogen-bond donors (Lipinski definition) is 0. The Morgan fingerprint density at radius 3 is 2.04 bits per heavy atom. The van der Waals surface area contributed by atoms with Crippen molar-refractivity contribution in [1.29, 1.82) is 0 Å². The molecule has 0 saturated carbocycles. The average Bonchev–Trinajstić information content (AvgIpc) is 3.15. The van der Waals surface area contributed by atoms with Crippen LogP contribution in [0.5, 0.6) is 0 Å². The molecule has 1 fully saturated rings. The van der Waals surface area contributed by atoms with Gasteiger partial charge in [0.15, 0.2) is 0 Å². The van der Waals surface area contributed by atoms with E-state index in [-0.39, 0.29) is 0 Å². The van der Waals surface area contributed by atoms with Gasteiger partial charge in [-0.15, -0.1) is 0 Å². The molecule has 2 rings (SSSR count). The molecule has 0 aromatic heterocycles. The van der Waals surface area contributed by atoms with Gasteiger partial charge in [0.05, 0.1) is 6.61 Å². The summed E-state index contributed by atoms with van der Waals surface area (Å²) in [7, 11) is 0. The van der Waals surface area contributed by atoms with Gasteiger partial charge in [0, 0.05) is 12.6 Å². The zero-order chi connectivity index (χ0) is 19.0. The van der Waals surface area contributed by atoms with E-state index in [1.807, 2.05) is 0 Å². The minimum absolute atomic E-state index is 0.650. The van der Waals surface area contributed by atoms with Gasteiger partial charge in [-0.3, -0.25) is 4.84 Å². The molecule has 1 aliphatic rings. The lowest BCUT2D eigenvalue weighted by molar-refractivity contribution is -0.180. The summed E-state index contributed by atoms with van der Waals surface area (Å²) >= 11 is 0. The monoisotopic (exact) mass is 373 g/mol. The summed E-state index contributed by atoms with van der Waals surface area (Å²) in [6, 6.07) is 11.2. The van der Waals surface area contributed by atoms with E-state index in [0.29, 0.717) is 6.04 Å². The Balaban J connectivity index is 1.42. The van der Waals surface area contributed by atoms with E-state index in [1.165, 1.54) is 102 Å². The molecule has 27 heavy (non-hydrogen) atoms. The van der Waals surface area contributed by atoms with Gasteiger partial charge in [-0.1, -0.05) is 114 Å². The van der Waals surface area contributed by atoms with E-state index >= 15 is 0 Å². The number of unbranched alkanes of at least 4 members (excludes halogenated alkanes) is 11. The Labute approximate surface area is 168 Å². The number of hydrogen-bond acceptors (Lipinski definition) is 2. The normalized spacial score (nSPS) is 17.6. The SMILES string of the molecule is CCCCCCCCCCCCCCC1CCCN1OCc1ccccc1. The molecule has 0 aliphatic carbocycles. The van der Waals surface area contributed by atoms with E-state index in [0.717, 1.165) is 13.2 Å². The van der Waals surface area contributed by atoms with Gasteiger partial charge in [-0.2, -0.15) is 5.06 Å². The van der Waals surface area contributed by atoms with Crippen molar-refractivity contribution in [1.82, 2.24) is 5.06 Å². The first-order valence-corrected chi connectivity index (χ1v) is 11.8. The first kappa shape index (κ1) is 22.4. The lowest BCUT2D eigenvalue weighted by Gasteiger charge is -2.23. The third-order valence-electron chi connectivity index (χ3n) is 5.95. The van der Waals surface area contributed by atoms with Crippen molar-refractivity contribution in [2.45, 2.75) is 116 Å². The van der Waals surface area contributed by atoms with Crippen LogP contribution in [0.4, 0.5) is 0 Å². The standard InChI is InChI=1S/C25H43NO/c1-2-3-4-5-6-7-8-9-10-11-12-16-20-25-21-17-22-26(25)27-23-24-18-14-13-15-19-24/h13-15,18-19,25H,2-12,16-17,20-23H2,1H3. The fourth-order valence-corrected chi connectivity index (χ4v) is 4.22. The molecule has 1 heterocycles. The molecule has 1 unspecified atom stereocenters. The molecular weight excluding hydrogens is 330 g/mol. The highest BCUT2D eigenvalue weighted by atomic mass is 16.7. The van der Waals surface area contributed by atoms with Crippen molar-refractivity contribution in [2.24, 2.45) is 0 Å². The molecule has 2 heteroatoms. The van der Waals surface area contributed by atoms with Crippen LogP contribution in [0.15, 0.2) is 30.3 Å². The predicted molar refractivity (Wildman–Crippen MR) is 117 cm³/mol. The zero-order valence-corrected chi connectivity index (χ0v) is 17.8. The molecule has 0 radical (unpaired) electrons.